The second-order valence-electron chi connectivity index (χ2n) is 4.41. The van der Waals surface area contributed by atoms with Crippen LogP contribution in [0.15, 0.2) is 17.2 Å². The SMILES string of the molecule is CN(CC1CCCO1)S(=O)(=O)c1c[nH]c(CCl)c1. The summed E-state index contributed by atoms with van der Waals surface area (Å²) in [6.07, 6.45) is 3.40. The molecule has 1 aromatic heterocycles. The van der Waals surface area contributed by atoms with Crippen LogP contribution in [0.25, 0.3) is 0 Å². The number of hydrogen-bond donors (Lipinski definition) is 1. The van der Waals surface area contributed by atoms with Gasteiger partial charge in [-0.1, -0.05) is 0 Å². The van der Waals surface area contributed by atoms with E-state index < -0.39 is 10.0 Å². The molecule has 0 saturated carbocycles. The van der Waals surface area contributed by atoms with Gasteiger partial charge >= 0.3 is 0 Å². The highest BCUT2D eigenvalue weighted by atomic mass is 35.5. The van der Waals surface area contributed by atoms with Crippen LogP contribution in [0.4, 0.5) is 0 Å². The van der Waals surface area contributed by atoms with Crippen LogP contribution in [0.2, 0.25) is 0 Å². The van der Waals surface area contributed by atoms with Gasteiger partial charge < -0.3 is 9.72 Å². The lowest BCUT2D eigenvalue weighted by Gasteiger charge is -2.19. The first-order valence-corrected chi connectivity index (χ1v) is 7.82. The van der Waals surface area contributed by atoms with Gasteiger partial charge in [-0.2, -0.15) is 4.31 Å². The van der Waals surface area contributed by atoms with E-state index in [0.717, 1.165) is 19.4 Å². The van der Waals surface area contributed by atoms with E-state index >= 15 is 0 Å². The number of halogens is 1. The van der Waals surface area contributed by atoms with E-state index in [1.807, 2.05) is 0 Å². The molecule has 102 valence electrons. The van der Waals surface area contributed by atoms with E-state index in [2.05, 4.69) is 4.98 Å². The first-order chi connectivity index (χ1) is 8.54. The Labute approximate surface area is 112 Å². The van der Waals surface area contributed by atoms with Crippen molar-refractivity contribution in [1.82, 2.24) is 9.29 Å². The van der Waals surface area contributed by atoms with Crippen LogP contribution in [-0.2, 0) is 20.6 Å². The maximum Gasteiger partial charge on any atom is 0.244 e. The third-order valence-electron chi connectivity index (χ3n) is 3.05. The number of rotatable bonds is 5. The van der Waals surface area contributed by atoms with E-state index in [1.54, 1.807) is 13.1 Å². The molecule has 1 fully saturated rings. The van der Waals surface area contributed by atoms with Gasteiger partial charge in [-0.3, -0.25) is 0 Å². The normalized spacial score (nSPS) is 20.7. The van der Waals surface area contributed by atoms with Crippen molar-refractivity contribution in [3.8, 4) is 0 Å². The van der Waals surface area contributed by atoms with Crippen molar-refractivity contribution in [2.45, 2.75) is 29.7 Å². The van der Waals surface area contributed by atoms with E-state index in [1.165, 1.54) is 10.5 Å². The van der Waals surface area contributed by atoms with Crippen LogP contribution >= 0.6 is 11.6 Å². The highest BCUT2D eigenvalue weighted by Gasteiger charge is 2.26. The zero-order valence-electron chi connectivity index (χ0n) is 10.2. The molecule has 0 bridgehead atoms. The lowest BCUT2D eigenvalue weighted by atomic mass is 10.2. The topological polar surface area (TPSA) is 62.4 Å². The predicted octanol–water partition coefficient (Wildman–Crippen LogP) is 1.55. The summed E-state index contributed by atoms with van der Waals surface area (Å²) in [6.45, 7) is 1.11. The summed E-state index contributed by atoms with van der Waals surface area (Å²) in [7, 11) is -1.88. The number of ether oxygens (including phenoxy) is 1. The van der Waals surface area contributed by atoms with Crippen LogP contribution in [0.5, 0.6) is 0 Å². The maximum absolute atomic E-state index is 12.3. The number of hydrogen-bond acceptors (Lipinski definition) is 3. The van der Waals surface area contributed by atoms with Crippen molar-refractivity contribution < 1.29 is 13.2 Å². The lowest BCUT2D eigenvalue weighted by molar-refractivity contribution is 0.0979. The molecule has 1 saturated heterocycles. The molecule has 0 spiro atoms. The fourth-order valence-electron chi connectivity index (χ4n) is 2.00. The van der Waals surface area contributed by atoms with Gasteiger partial charge in [0.2, 0.25) is 10.0 Å². The molecule has 1 aliphatic heterocycles. The number of nitrogens with zero attached hydrogens (tertiary/aromatic N) is 1. The molecular formula is C11H17ClN2O3S. The number of alkyl halides is 1. The standard InChI is InChI=1S/C11H17ClN2O3S/c1-14(8-10-3-2-4-17-10)18(15,16)11-5-9(6-12)13-7-11/h5,7,10,13H,2-4,6,8H2,1H3. The predicted molar refractivity (Wildman–Crippen MR) is 69.1 cm³/mol. The Balaban J connectivity index is 2.09. The molecule has 1 aromatic rings. The largest absolute Gasteiger partial charge is 0.377 e. The van der Waals surface area contributed by atoms with E-state index in [-0.39, 0.29) is 16.9 Å². The summed E-state index contributed by atoms with van der Waals surface area (Å²) < 4.78 is 31.3. The first-order valence-electron chi connectivity index (χ1n) is 5.85. The molecular weight excluding hydrogens is 276 g/mol. The number of sulfonamides is 1. The number of aromatic nitrogens is 1. The van der Waals surface area contributed by atoms with Crippen LogP contribution in [0, 0.1) is 0 Å². The Hall–Kier alpha value is -0.560. The van der Waals surface area contributed by atoms with Gasteiger partial charge in [-0.25, -0.2) is 8.42 Å². The zero-order valence-corrected chi connectivity index (χ0v) is 11.8. The van der Waals surface area contributed by atoms with Crippen molar-refractivity contribution in [2.24, 2.45) is 0 Å². The van der Waals surface area contributed by atoms with E-state index in [9.17, 15) is 8.42 Å². The summed E-state index contributed by atoms with van der Waals surface area (Å²) in [5, 5.41) is 0. The average Bonchev–Trinajstić information content (AvgIpc) is 2.99. The molecule has 0 aromatic carbocycles. The third kappa shape index (κ3) is 2.88. The Morgan fingerprint density at radius 1 is 1.61 bits per heavy atom. The minimum absolute atomic E-state index is 0.0104. The third-order valence-corrected chi connectivity index (χ3v) is 5.14. The molecule has 0 aliphatic carbocycles. The second-order valence-corrected chi connectivity index (χ2v) is 6.73. The smallest absolute Gasteiger partial charge is 0.244 e. The molecule has 1 unspecified atom stereocenters. The fourth-order valence-corrected chi connectivity index (χ4v) is 3.37. The minimum atomic E-state index is -3.45. The van der Waals surface area contributed by atoms with Gasteiger partial charge in [0.15, 0.2) is 0 Å². The highest BCUT2D eigenvalue weighted by Crippen LogP contribution is 2.19. The van der Waals surface area contributed by atoms with Gasteiger partial charge in [0, 0.05) is 32.1 Å². The molecule has 1 aliphatic rings. The minimum Gasteiger partial charge on any atom is -0.377 e. The average molecular weight is 293 g/mol. The summed E-state index contributed by atoms with van der Waals surface area (Å²) in [5.41, 5.74) is 0.695. The van der Waals surface area contributed by atoms with Gasteiger partial charge in [0.25, 0.3) is 0 Å². The second kappa shape index (κ2) is 5.61. The van der Waals surface area contributed by atoms with Gasteiger partial charge in [0.05, 0.1) is 16.9 Å². The number of H-pyrrole nitrogens is 1. The number of nitrogens with one attached hydrogen (secondary N) is 1. The molecule has 0 amide bonds. The summed E-state index contributed by atoms with van der Waals surface area (Å²) >= 11 is 5.65. The Morgan fingerprint density at radius 2 is 2.39 bits per heavy atom. The number of aromatic amines is 1. The molecule has 18 heavy (non-hydrogen) atoms. The van der Waals surface area contributed by atoms with Crippen LogP contribution in [-0.4, -0.2) is 44.0 Å². The quantitative estimate of drug-likeness (QED) is 0.838. The summed E-state index contributed by atoms with van der Waals surface area (Å²) in [5.74, 6) is 0.269. The van der Waals surface area contributed by atoms with Gasteiger partial charge in [-0.15, -0.1) is 11.6 Å². The van der Waals surface area contributed by atoms with E-state index in [0.29, 0.717) is 12.2 Å². The van der Waals surface area contributed by atoms with Crippen molar-refractivity contribution in [1.29, 1.82) is 0 Å². The molecule has 1 N–H and O–H groups in total. The Bertz CT molecular complexity index is 494. The fraction of sp³-hybridized carbons (Fsp3) is 0.636. The molecule has 1 atom stereocenters. The highest BCUT2D eigenvalue weighted by molar-refractivity contribution is 7.89. The first kappa shape index (κ1) is 13.9. The van der Waals surface area contributed by atoms with Crippen molar-refractivity contribution in [2.75, 3.05) is 20.2 Å². The van der Waals surface area contributed by atoms with Crippen LogP contribution in [0.3, 0.4) is 0 Å². The lowest BCUT2D eigenvalue weighted by Crippen LogP contribution is -2.33. The van der Waals surface area contributed by atoms with Crippen molar-refractivity contribution in [3.05, 3.63) is 18.0 Å². The molecule has 7 heteroatoms. The maximum atomic E-state index is 12.3. The van der Waals surface area contributed by atoms with Crippen molar-refractivity contribution >= 4 is 21.6 Å². The number of likely N-dealkylation sites (N-methyl/N-ethyl adjacent to an activating group) is 1. The van der Waals surface area contributed by atoms with Gasteiger partial charge in [0.1, 0.15) is 0 Å². The molecule has 0 radical (unpaired) electrons. The Morgan fingerprint density at radius 3 is 2.94 bits per heavy atom. The van der Waals surface area contributed by atoms with Crippen LogP contribution in [0.1, 0.15) is 18.5 Å². The van der Waals surface area contributed by atoms with Crippen molar-refractivity contribution in [3.63, 3.8) is 0 Å². The molecule has 5 nitrogen and oxygen atoms in total. The summed E-state index contributed by atoms with van der Waals surface area (Å²) in [6, 6.07) is 1.56. The summed E-state index contributed by atoms with van der Waals surface area (Å²) in [4.78, 5) is 3.09. The molecule has 2 rings (SSSR count). The molecule has 2 heterocycles. The Kier molecular flexibility index (Phi) is 4.32. The zero-order chi connectivity index (χ0) is 13.2. The van der Waals surface area contributed by atoms with Crippen LogP contribution < -0.4 is 0 Å². The van der Waals surface area contributed by atoms with E-state index in [4.69, 9.17) is 16.3 Å². The van der Waals surface area contributed by atoms with Gasteiger partial charge in [-0.05, 0) is 18.9 Å². The monoisotopic (exact) mass is 292 g/mol.